The van der Waals surface area contributed by atoms with E-state index < -0.39 is 0 Å². The third kappa shape index (κ3) is 3.34. The molecule has 2 amide bonds. The summed E-state index contributed by atoms with van der Waals surface area (Å²) in [5.41, 5.74) is 11.0. The van der Waals surface area contributed by atoms with Crippen molar-refractivity contribution >= 4 is 23.3 Å². The molecule has 9 heteroatoms. The lowest BCUT2D eigenvalue weighted by molar-refractivity contribution is 0.0563. The largest absolute Gasteiger partial charge is 0.393 e. The first-order valence-electron chi connectivity index (χ1n) is 11.9. The number of anilines is 1. The van der Waals surface area contributed by atoms with E-state index in [-0.39, 0.29) is 41.4 Å². The van der Waals surface area contributed by atoms with Crippen LogP contribution in [0.4, 0.5) is 5.82 Å². The maximum atomic E-state index is 13.1. The van der Waals surface area contributed by atoms with Gasteiger partial charge < -0.3 is 21.1 Å². The molecule has 3 heterocycles. The fourth-order valence-corrected chi connectivity index (χ4v) is 5.29. The van der Waals surface area contributed by atoms with E-state index >= 15 is 0 Å². The Morgan fingerprint density at radius 3 is 2.76 bits per heavy atom. The van der Waals surface area contributed by atoms with Gasteiger partial charge >= 0.3 is 0 Å². The van der Waals surface area contributed by atoms with Crippen LogP contribution in [-0.2, 0) is 6.54 Å². The molecule has 2 saturated carbocycles. The van der Waals surface area contributed by atoms with E-state index in [9.17, 15) is 14.7 Å². The Labute approximate surface area is 197 Å². The molecule has 1 unspecified atom stereocenters. The maximum Gasteiger partial charge on any atom is 0.259 e. The molecule has 2 fully saturated rings. The predicted molar refractivity (Wildman–Crippen MR) is 126 cm³/mol. The molecule has 0 spiro atoms. The quantitative estimate of drug-likeness (QED) is 0.536. The lowest BCUT2D eigenvalue weighted by atomic mass is 9.89. The van der Waals surface area contributed by atoms with Crippen molar-refractivity contribution in [3.63, 3.8) is 0 Å². The second-order valence-corrected chi connectivity index (χ2v) is 9.98. The lowest BCUT2D eigenvalue weighted by Gasteiger charge is -2.31. The van der Waals surface area contributed by atoms with Crippen LogP contribution in [0.3, 0.4) is 0 Å². The van der Waals surface area contributed by atoms with Crippen LogP contribution in [0.25, 0.3) is 16.9 Å². The normalized spacial score (nSPS) is 22.6. The molecule has 176 valence electrons. The number of hydrogen-bond donors (Lipinski definition) is 3. The average molecular weight is 461 g/mol. The topological polar surface area (TPSA) is 126 Å². The number of carbonyl (C=O) groups excluding carboxylic acids is 2. The van der Waals surface area contributed by atoms with Crippen molar-refractivity contribution in [2.75, 3.05) is 5.73 Å². The van der Waals surface area contributed by atoms with E-state index in [2.05, 4.69) is 17.3 Å². The second kappa shape index (κ2) is 7.53. The van der Waals surface area contributed by atoms with Crippen LogP contribution in [0.5, 0.6) is 0 Å². The Kier molecular flexibility index (Phi) is 4.67. The summed E-state index contributed by atoms with van der Waals surface area (Å²) in [5.74, 6) is 0.504. The number of fused-ring (bicyclic) bond motifs is 2. The lowest BCUT2D eigenvalue weighted by Crippen LogP contribution is -2.46. The monoisotopic (exact) mass is 460 g/mol. The second-order valence-electron chi connectivity index (χ2n) is 9.98. The number of aryl methyl sites for hydroxylation is 1. The number of nitrogens with zero attached hydrogens (tertiary/aromatic N) is 4. The Balaban J connectivity index is 1.34. The molecule has 3 aliphatic rings. The summed E-state index contributed by atoms with van der Waals surface area (Å²) < 4.78 is 1.51. The number of nitrogens with one attached hydrogen (secondary N) is 1. The van der Waals surface area contributed by atoms with Crippen LogP contribution < -0.4 is 11.1 Å². The molecular weight excluding hydrogens is 432 g/mol. The highest BCUT2D eigenvalue weighted by Crippen LogP contribution is 2.39. The van der Waals surface area contributed by atoms with E-state index in [1.165, 1.54) is 17.4 Å². The number of aliphatic hydroxyl groups is 1. The summed E-state index contributed by atoms with van der Waals surface area (Å²) in [6.07, 6.45) is 4.84. The van der Waals surface area contributed by atoms with E-state index in [1.54, 1.807) is 6.20 Å². The Morgan fingerprint density at radius 2 is 2.06 bits per heavy atom. The van der Waals surface area contributed by atoms with Gasteiger partial charge in [-0.15, -0.1) is 5.10 Å². The van der Waals surface area contributed by atoms with Gasteiger partial charge in [0, 0.05) is 36.0 Å². The van der Waals surface area contributed by atoms with Gasteiger partial charge in [-0.05, 0) is 74.8 Å². The van der Waals surface area contributed by atoms with Gasteiger partial charge in [-0.25, -0.2) is 9.50 Å². The van der Waals surface area contributed by atoms with Gasteiger partial charge in [0.25, 0.3) is 11.8 Å². The summed E-state index contributed by atoms with van der Waals surface area (Å²) in [5, 5.41) is 16.7. The van der Waals surface area contributed by atoms with Gasteiger partial charge in [-0.1, -0.05) is 0 Å². The highest BCUT2D eigenvalue weighted by Gasteiger charge is 2.39. The smallest absolute Gasteiger partial charge is 0.259 e. The third-order valence-electron chi connectivity index (χ3n) is 7.51. The molecule has 2 aliphatic carbocycles. The molecule has 3 aromatic rings. The van der Waals surface area contributed by atoms with Gasteiger partial charge in [0.15, 0.2) is 11.5 Å². The Hall–Kier alpha value is -3.46. The third-order valence-corrected chi connectivity index (χ3v) is 7.51. The highest BCUT2D eigenvalue weighted by atomic mass is 16.3. The zero-order valence-corrected chi connectivity index (χ0v) is 19.3. The summed E-state index contributed by atoms with van der Waals surface area (Å²) in [7, 11) is 0. The zero-order chi connectivity index (χ0) is 23.7. The van der Waals surface area contributed by atoms with Gasteiger partial charge in [0.05, 0.1) is 11.8 Å². The molecule has 1 atom stereocenters. The van der Waals surface area contributed by atoms with Crippen molar-refractivity contribution < 1.29 is 14.7 Å². The predicted octanol–water partition coefficient (Wildman–Crippen LogP) is 2.29. The molecule has 6 rings (SSSR count). The number of rotatable bonds is 5. The van der Waals surface area contributed by atoms with E-state index in [0.717, 1.165) is 22.3 Å². The Morgan fingerprint density at radius 1 is 1.29 bits per heavy atom. The number of nitrogen functional groups attached to an aromatic ring is 1. The molecule has 9 nitrogen and oxygen atoms in total. The molecule has 1 aliphatic heterocycles. The average Bonchev–Trinajstić information content (AvgIpc) is 3.49. The van der Waals surface area contributed by atoms with Crippen LogP contribution in [0, 0.1) is 12.8 Å². The number of amides is 2. The summed E-state index contributed by atoms with van der Waals surface area (Å²) in [6.45, 7) is 4.73. The summed E-state index contributed by atoms with van der Waals surface area (Å²) in [4.78, 5) is 32.7. The van der Waals surface area contributed by atoms with Gasteiger partial charge in [0.1, 0.15) is 5.56 Å². The van der Waals surface area contributed by atoms with Crippen LogP contribution >= 0.6 is 0 Å². The fourth-order valence-electron chi connectivity index (χ4n) is 5.29. The molecule has 1 aromatic carbocycles. The first kappa shape index (κ1) is 21.1. The van der Waals surface area contributed by atoms with Crippen molar-refractivity contribution in [2.24, 2.45) is 5.92 Å². The molecule has 0 radical (unpaired) electrons. The van der Waals surface area contributed by atoms with E-state index in [4.69, 9.17) is 10.7 Å². The highest BCUT2D eigenvalue weighted by molar-refractivity contribution is 6.04. The van der Waals surface area contributed by atoms with Crippen LogP contribution in [0.15, 0.2) is 24.4 Å². The summed E-state index contributed by atoms with van der Waals surface area (Å²) >= 11 is 0. The van der Waals surface area contributed by atoms with E-state index in [0.29, 0.717) is 36.6 Å². The molecule has 4 N–H and O–H groups in total. The van der Waals surface area contributed by atoms with Gasteiger partial charge in [-0.2, -0.15) is 0 Å². The number of benzene rings is 1. The van der Waals surface area contributed by atoms with Crippen LogP contribution in [-0.4, -0.2) is 54.6 Å². The maximum absolute atomic E-state index is 13.1. The first-order chi connectivity index (χ1) is 16.3. The molecule has 2 aromatic heterocycles. The number of carbonyl (C=O) groups is 2. The summed E-state index contributed by atoms with van der Waals surface area (Å²) in [6, 6.07) is 6.04. The van der Waals surface area contributed by atoms with Crippen LogP contribution in [0.2, 0.25) is 0 Å². The minimum Gasteiger partial charge on any atom is -0.393 e. The fraction of sp³-hybridized carbons (Fsp3) is 0.440. The number of aromatic nitrogens is 3. The van der Waals surface area contributed by atoms with Crippen molar-refractivity contribution in [1.29, 1.82) is 0 Å². The molecular formula is C25H28N6O3. The van der Waals surface area contributed by atoms with Crippen LogP contribution in [0.1, 0.15) is 64.4 Å². The number of aliphatic hydroxyl groups excluding tert-OH is 1. The van der Waals surface area contributed by atoms with E-state index in [1.807, 2.05) is 30.0 Å². The standard InChI is InChI=1S/C25H28N6O3/c1-12-7-15(8-16-11-30(25(34)20(12)16)13(2)14-3-4-14)19-5-6-31-23(28-19)21(22(26)29-31)24(33)27-17-9-18(32)10-17/h5-8,13-14,17-18,32H,3-4,9-11H2,1-2H3,(H2,26,29)(H,27,33). The number of hydrogen-bond acceptors (Lipinski definition) is 6. The van der Waals surface area contributed by atoms with Crippen molar-refractivity contribution in [2.45, 2.75) is 64.3 Å². The molecule has 0 saturated heterocycles. The Bertz CT molecular complexity index is 1340. The minimum atomic E-state index is -0.366. The molecule has 0 bridgehead atoms. The van der Waals surface area contributed by atoms with Gasteiger partial charge in [0.2, 0.25) is 0 Å². The number of nitrogens with two attached hydrogens (primary N) is 1. The first-order valence-corrected chi connectivity index (χ1v) is 11.9. The molecule has 34 heavy (non-hydrogen) atoms. The zero-order valence-electron chi connectivity index (χ0n) is 19.3. The van der Waals surface area contributed by atoms with Gasteiger partial charge in [-0.3, -0.25) is 9.59 Å². The SMILES string of the molecule is Cc1cc(-c2ccn3nc(N)c(C(=O)NC4CC(O)C4)c3n2)cc2c1C(=O)N(C(C)C1CC1)C2. The van der Waals surface area contributed by atoms with Crippen molar-refractivity contribution in [3.05, 3.63) is 46.6 Å². The van der Waals surface area contributed by atoms with Crippen molar-refractivity contribution in [1.82, 2.24) is 24.8 Å². The van der Waals surface area contributed by atoms with Crippen molar-refractivity contribution in [3.8, 4) is 11.3 Å². The minimum absolute atomic E-state index is 0.0714.